The lowest BCUT2D eigenvalue weighted by atomic mass is 10.3. The van der Waals surface area contributed by atoms with E-state index in [0.29, 0.717) is 5.76 Å². The van der Waals surface area contributed by atoms with Crippen molar-refractivity contribution >= 4 is 29.8 Å². The minimum atomic E-state index is 0.672. The van der Waals surface area contributed by atoms with Gasteiger partial charge in [-0.25, -0.2) is 0 Å². The van der Waals surface area contributed by atoms with E-state index in [1.54, 1.807) is 17.4 Å². The maximum atomic E-state index is 5.61. The summed E-state index contributed by atoms with van der Waals surface area (Å²) in [6.07, 6.45) is 1.65. The Balaban J connectivity index is 2.49. The number of aliphatic imine (C=N–C) groups is 1. The number of hydrogen-bond donors (Lipinski definition) is 0. The molecule has 0 saturated heterocycles. The van der Waals surface area contributed by atoms with Gasteiger partial charge in [-0.3, -0.25) is 4.99 Å². The molecule has 0 aliphatic heterocycles. The third-order valence-electron chi connectivity index (χ3n) is 2.08. The van der Waals surface area contributed by atoms with Gasteiger partial charge in [-0.1, -0.05) is 6.58 Å². The van der Waals surface area contributed by atoms with Crippen molar-refractivity contribution in [2.75, 3.05) is 0 Å². The first-order valence-electron chi connectivity index (χ1n) is 4.54. The van der Waals surface area contributed by atoms with Gasteiger partial charge in [-0.15, -0.1) is 11.3 Å². The standard InChI is InChI=1S/C12H11NOS/c1-4-10-9(13-3)7-11(14-10)12-6-5-8(2)15-12/h4-7H,1,3H2,2H3. The predicted octanol–water partition coefficient (Wildman–Crippen LogP) is 4.29. The third-order valence-corrected chi connectivity index (χ3v) is 3.09. The molecule has 0 N–H and O–H groups in total. The molecule has 0 saturated carbocycles. The highest BCUT2D eigenvalue weighted by Crippen LogP contribution is 2.34. The van der Waals surface area contributed by atoms with Gasteiger partial charge in [0.15, 0.2) is 5.76 Å². The highest BCUT2D eigenvalue weighted by molar-refractivity contribution is 7.15. The average molecular weight is 217 g/mol. The predicted molar refractivity (Wildman–Crippen MR) is 66.1 cm³/mol. The second kappa shape index (κ2) is 3.87. The first-order valence-corrected chi connectivity index (χ1v) is 5.36. The third kappa shape index (κ3) is 1.78. The number of rotatable bonds is 3. The van der Waals surface area contributed by atoms with Crippen molar-refractivity contribution in [2.45, 2.75) is 6.92 Å². The van der Waals surface area contributed by atoms with E-state index >= 15 is 0 Å². The van der Waals surface area contributed by atoms with Gasteiger partial charge in [0.25, 0.3) is 0 Å². The molecular weight excluding hydrogens is 206 g/mol. The summed E-state index contributed by atoms with van der Waals surface area (Å²) in [6, 6.07) is 5.99. The van der Waals surface area contributed by atoms with Crippen LogP contribution >= 0.6 is 11.3 Å². The Kier molecular flexibility index (Phi) is 2.56. The summed E-state index contributed by atoms with van der Waals surface area (Å²) in [5.74, 6) is 1.50. The molecule has 2 heterocycles. The molecule has 15 heavy (non-hydrogen) atoms. The van der Waals surface area contributed by atoms with Crippen LogP contribution in [0.15, 0.2) is 34.2 Å². The summed E-state index contributed by atoms with van der Waals surface area (Å²) in [6.45, 7) is 9.24. The van der Waals surface area contributed by atoms with E-state index in [0.717, 1.165) is 16.3 Å². The van der Waals surface area contributed by atoms with Crippen molar-refractivity contribution in [3.63, 3.8) is 0 Å². The van der Waals surface area contributed by atoms with Gasteiger partial charge in [0.05, 0.1) is 4.88 Å². The van der Waals surface area contributed by atoms with E-state index in [2.05, 4.69) is 31.3 Å². The molecule has 0 atom stereocenters. The second-order valence-corrected chi connectivity index (χ2v) is 4.42. The average Bonchev–Trinajstić information content (AvgIpc) is 2.82. The maximum Gasteiger partial charge on any atom is 0.152 e. The normalized spacial score (nSPS) is 10.2. The van der Waals surface area contributed by atoms with Crippen LogP contribution in [0, 0.1) is 6.92 Å². The molecule has 2 aromatic heterocycles. The van der Waals surface area contributed by atoms with Crippen LogP contribution in [0.3, 0.4) is 0 Å². The summed E-state index contributed by atoms with van der Waals surface area (Å²) >= 11 is 1.69. The van der Waals surface area contributed by atoms with E-state index in [4.69, 9.17) is 4.42 Å². The Hall–Kier alpha value is -1.61. The fourth-order valence-corrected chi connectivity index (χ4v) is 2.17. The van der Waals surface area contributed by atoms with Crippen LogP contribution in [0.1, 0.15) is 10.6 Å². The Morgan fingerprint density at radius 3 is 2.73 bits per heavy atom. The summed E-state index contributed by atoms with van der Waals surface area (Å²) in [7, 11) is 0. The van der Waals surface area contributed by atoms with E-state index in [1.165, 1.54) is 4.88 Å². The Morgan fingerprint density at radius 1 is 1.47 bits per heavy atom. The Morgan fingerprint density at radius 2 is 2.27 bits per heavy atom. The molecule has 2 nitrogen and oxygen atoms in total. The van der Waals surface area contributed by atoms with Gasteiger partial charge in [-0.05, 0) is 31.9 Å². The number of nitrogens with zero attached hydrogens (tertiary/aromatic N) is 1. The first-order chi connectivity index (χ1) is 7.24. The quantitative estimate of drug-likeness (QED) is 0.704. The molecule has 0 unspecified atom stereocenters. The van der Waals surface area contributed by atoms with Gasteiger partial charge in [-0.2, -0.15) is 0 Å². The van der Waals surface area contributed by atoms with Crippen LogP contribution in [-0.4, -0.2) is 6.72 Å². The SMILES string of the molecule is C=Cc1oc(-c2ccc(C)s2)cc1N=C. The van der Waals surface area contributed by atoms with Crippen molar-refractivity contribution in [1.29, 1.82) is 0 Å². The van der Waals surface area contributed by atoms with Crippen LogP contribution in [0.2, 0.25) is 0 Å². The lowest BCUT2D eigenvalue weighted by Gasteiger charge is -1.88. The van der Waals surface area contributed by atoms with E-state index in [1.807, 2.05) is 12.1 Å². The molecule has 0 bridgehead atoms. The minimum Gasteiger partial charge on any atom is -0.454 e. The van der Waals surface area contributed by atoms with E-state index in [9.17, 15) is 0 Å². The molecule has 0 aromatic carbocycles. The molecule has 0 amide bonds. The van der Waals surface area contributed by atoms with Crippen molar-refractivity contribution in [2.24, 2.45) is 4.99 Å². The molecule has 0 aliphatic rings. The van der Waals surface area contributed by atoms with Crippen LogP contribution in [0.25, 0.3) is 16.7 Å². The van der Waals surface area contributed by atoms with Crippen LogP contribution in [0.4, 0.5) is 5.69 Å². The van der Waals surface area contributed by atoms with Gasteiger partial charge in [0.1, 0.15) is 11.4 Å². The smallest absolute Gasteiger partial charge is 0.152 e. The van der Waals surface area contributed by atoms with Gasteiger partial charge < -0.3 is 4.42 Å². The molecule has 2 aromatic rings. The van der Waals surface area contributed by atoms with Gasteiger partial charge in [0, 0.05) is 10.9 Å². The monoisotopic (exact) mass is 217 g/mol. The molecule has 2 rings (SSSR count). The van der Waals surface area contributed by atoms with Crippen molar-refractivity contribution in [3.8, 4) is 10.6 Å². The lowest BCUT2D eigenvalue weighted by Crippen LogP contribution is -1.61. The lowest BCUT2D eigenvalue weighted by molar-refractivity contribution is 0.574. The highest BCUT2D eigenvalue weighted by atomic mass is 32.1. The topological polar surface area (TPSA) is 25.5 Å². The highest BCUT2D eigenvalue weighted by Gasteiger charge is 2.10. The van der Waals surface area contributed by atoms with E-state index in [-0.39, 0.29) is 0 Å². The fourth-order valence-electron chi connectivity index (χ4n) is 1.35. The zero-order valence-corrected chi connectivity index (χ0v) is 9.30. The van der Waals surface area contributed by atoms with Crippen LogP contribution in [-0.2, 0) is 0 Å². The molecule has 0 spiro atoms. The molecule has 3 heteroatoms. The Bertz CT molecular complexity index is 482. The second-order valence-electron chi connectivity index (χ2n) is 3.13. The zero-order valence-electron chi connectivity index (χ0n) is 8.49. The van der Waals surface area contributed by atoms with Gasteiger partial charge >= 0.3 is 0 Å². The minimum absolute atomic E-state index is 0.672. The number of hydrogen-bond acceptors (Lipinski definition) is 3. The van der Waals surface area contributed by atoms with Gasteiger partial charge in [0.2, 0.25) is 0 Å². The zero-order chi connectivity index (χ0) is 10.8. The van der Waals surface area contributed by atoms with Crippen LogP contribution in [0.5, 0.6) is 0 Å². The number of aryl methyl sites for hydroxylation is 1. The van der Waals surface area contributed by atoms with E-state index < -0.39 is 0 Å². The summed E-state index contributed by atoms with van der Waals surface area (Å²) in [5, 5.41) is 0. The Labute approximate surface area is 92.6 Å². The number of furan rings is 1. The fraction of sp³-hybridized carbons (Fsp3) is 0.0833. The molecular formula is C12H11NOS. The van der Waals surface area contributed by atoms with Crippen molar-refractivity contribution in [3.05, 3.63) is 35.4 Å². The summed E-state index contributed by atoms with van der Waals surface area (Å²) in [4.78, 5) is 6.25. The molecule has 0 aliphatic carbocycles. The largest absolute Gasteiger partial charge is 0.454 e. The summed E-state index contributed by atoms with van der Waals surface area (Å²) in [5.41, 5.74) is 0.742. The van der Waals surface area contributed by atoms with Crippen molar-refractivity contribution < 1.29 is 4.42 Å². The summed E-state index contributed by atoms with van der Waals surface area (Å²) < 4.78 is 5.61. The first kappa shape index (κ1) is 9.93. The molecule has 0 radical (unpaired) electrons. The van der Waals surface area contributed by atoms with Crippen LogP contribution < -0.4 is 0 Å². The maximum absolute atomic E-state index is 5.61. The number of thiophene rings is 1. The molecule has 76 valence electrons. The van der Waals surface area contributed by atoms with Crippen molar-refractivity contribution in [1.82, 2.24) is 0 Å². The molecule has 0 fully saturated rings.